The van der Waals surface area contributed by atoms with Crippen LogP contribution in [0.3, 0.4) is 0 Å². The molecule has 0 atom stereocenters. The second-order valence-electron chi connectivity index (χ2n) is 6.76. The molecule has 0 unspecified atom stereocenters. The van der Waals surface area contributed by atoms with Crippen LogP contribution in [0.5, 0.6) is 0 Å². The highest BCUT2D eigenvalue weighted by Gasteiger charge is 2.13. The van der Waals surface area contributed by atoms with E-state index in [-0.39, 0.29) is 0 Å². The van der Waals surface area contributed by atoms with Gasteiger partial charge in [-0.2, -0.15) is 0 Å². The molecule has 0 heterocycles. The van der Waals surface area contributed by atoms with Crippen LogP contribution < -0.4 is 0 Å². The molecule has 0 saturated heterocycles. The summed E-state index contributed by atoms with van der Waals surface area (Å²) in [7, 11) is 0. The smallest absolute Gasteiger partial charge is 0.0654 e. The molecule has 0 aliphatic heterocycles. The summed E-state index contributed by atoms with van der Waals surface area (Å²) in [6.45, 7) is 6.65. The molecule has 0 N–H and O–H groups in total. The summed E-state index contributed by atoms with van der Waals surface area (Å²) in [4.78, 5) is 2.71. The van der Waals surface area contributed by atoms with Gasteiger partial charge < -0.3 is 0 Å². The average molecular weight is 378 g/mol. The molecule has 0 aliphatic carbocycles. The number of benzene rings is 3. The van der Waals surface area contributed by atoms with E-state index in [1.807, 2.05) is 0 Å². The predicted molar refractivity (Wildman–Crippen MR) is 123 cm³/mol. The topological polar surface area (TPSA) is 0 Å². The summed E-state index contributed by atoms with van der Waals surface area (Å²) in [5.74, 6) is 0. The molecule has 0 nitrogen and oxygen atoms in total. The first-order valence-corrected chi connectivity index (χ1v) is 11.1. The minimum atomic E-state index is 1.16. The number of unbranched alkanes of at least 4 members (excludes halogenated alkanes) is 2. The first-order valence-electron chi connectivity index (χ1n) is 10.2. The number of rotatable bonds is 7. The largest absolute Gasteiger partial charge is 0.166 e. The highest BCUT2D eigenvalue weighted by atomic mass is 32.2. The lowest BCUT2D eigenvalue weighted by atomic mass is 10.1. The molecule has 27 heavy (non-hydrogen) atoms. The van der Waals surface area contributed by atoms with Crippen LogP contribution in [0.1, 0.15) is 52.0 Å². The Morgan fingerprint density at radius 3 is 1.85 bits per heavy atom. The first-order chi connectivity index (χ1) is 13.3. The minimum Gasteiger partial charge on any atom is -0.0654 e. The van der Waals surface area contributed by atoms with Crippen molar-refractivity contribution in [2.24, 2.45) is 0 Å². The Morgan fingerprint density at radius 1 is 0.630 bits per heavy atom. The van der Waals surface area contributed by atoms with Crippen LogP contribution in [-0.2, 0) is 18.2 Å². The monoisotopic (exact) mass is 377 g/mol. The van der Waals surface area contributed by atoms with Gasteiger partial charge >= 0.3 is 0 Å². The third-order valence-electron chi connectivity index (χ3n) is 4.42. The molecule has 0 amide bonds. The Hall–Kier alpha value is -1.99. The quantitative estimate of drug-likeness (QED) is 0.292. The predicted octanol–water partition coefficient (Wildman–Crippen LogP) is 7.74. The molecule has 3 aromatic rings. The van der Waals surface area contributed by atoms with Crippen molar-refractivity contribution in [1.29, 1.82) is 0 Å². The molecule has 0 aromatic heterocycles. The van der Waals surface area contributed by atoms with Crippen LogP contribution in [-0.4, -0.2) is 0 Å². The molecule has 142 valence electrons. The molecular weight excluding hydrogens is 344 g/mol. The molecule has 3 rings (SSSR count). The molecule has 0 saturated carbocycles. The zero-order chi connectivity index (χ0) is 19.3. The summed E-state index contributed by atoms with van der Waals surface area (Å²) in [5, 5.41) is 0. The molecule has 0 bridgehead atoms. The molecule has 0 spiro atoms. The van der Waals surface area contributed by atoms with Crippen molar-refractivity contribution >= 4 is 11.8 Å². The molecule has 1 heteroatoms. The van der Waals surface area contributed by atoms with Crippen molar-refractivity contribution < 1.29 is 0 Å². The van der Waals surface area contributed by atoms with Crippen molar-refractivity contribution in [3.05, 3.63) is 84.4 Å². The van der Waals surface area contributed by atoms with E-state index in [1.54, 1.807) is 0 Å². The van der Waals surface area contributed by atoms with E-state index >= 15 is 0 Å². The van der Waals surface area contributed by atoms with Crippen LogP contribution in [0.2, 0.25) is 0 Å². The normalized spacial score (nSPS) is 10.2. The van der Waals surface area contributed by atoms with Gasteiger partial charge in [0.2, 0.25) is 0 Å². The summed E-state index contributed by atoms with van der Waals surface area (Å²) in [6.07, 6.45) is 6.44. The average Bonchev–Trinajstić information content (AvgIpc) is 2.72. The fourth-order valence-corrected chi connectivity index (χ4v) is 4.01. The third-order valence-corrected chi connectivity index (χ3v) is 5.61. The Labute approximate surface area is 170 Å². The number of hydrogen-bond donors (Lipinski definition) is 0. The SMILES string of the molecule is CCCCC.CCCc1ccc([SH+]c2ccccc2-c2ccccc2)cc1. The van der Waals surface area contributed by atoms with Gasteiger partial charge in [0.1, 0.15) is 0 Å². The summed E-state index contributed by atoms with van der Waals surface area (Å²) in [6, 6.07) is 28.3. The lowest BCUT2D eigenvalue weighted by Crippen LogP contribution is -1.90. The van der Waals surface area contributed by atoms with Gasteiger partial charge in [0.05, 0.1) is 0 Å². The maximum absolute atomic E-state index is 2.26. The van der Waals surface area contributed by atoms with E-state index in [0.29, 0.717) is 0 Å². The van der Waals surface area contributed by atoms with Gasteiger partial charge in [-0.15, -0.1) is 0 Å². The van der Waals surface area contributed by atoms with Gasteiger partial charge in [-0.25, -0.2) is 0 Å². The minimum absolute atomic E-state index is 1.16. The van der Waals surface area contributed by atoms with Crippen molar-refractivity contribution in [2.75, 3.05) is 0 Å². The number of thiol groups is 1. The zero-order valence-corrected chi connectivity index (χ0v) is 17.9. The molecule has 0 fully saturated rings. The lowest BCUT2D eigenvalue weighted by molar-refractivity contribution is 0.772. The van der Waals surface area contributed by atoms with Gasteiger partial charge in [-0.05, 0) is 41.8 Å². The van der Waals surface area contributed by atoms with Crippen LogP contribution in [0.15, 0.2) is 88.7 Å². The Kier molecular flexibility index (Phi) is 9.79. The third kappa shape index (κ3) is 7.27. The standard InChI is InChI=1S/C21H20S.C5H12/c1-2-8-17-13-15-19(16-14-17)22-21-12-7-6-11-20(21)18-9-4-3-5-10-18;1-3-5-4-2/h3-7,9-16H,2,8H2,1H3;3-5H2,1-2H3/p+1. The summed E-state index contributed by atoms with van der Waals surface area (Å²) in [5.41, 5.74) is 4.04. The lowest BCUT2D eigenvalue weighted by Gasteiger charge is -2.04. The molecule has 0 aliphatic rings. The second kappa shape index (κ2) is 12.4. The Morgan fingerprint density at radius 2 is 1.26 bits per heavy atom. The van der Waals surface area contributed by atoms with Crippen molar-refractivity contribution in [3.63, 3.8) is 0 Å². The summed E-state index contributed by atoms with van der Waals surface area (Å²) >= 11 is 1.27. The molecular formula is C26H33S+. The van der Waals surface area contributed by atoms with E-state index in [9.17, 15) is 0 Å². The second-order valence-corrected chi connectivity index (χ2v) is 7.99. The van der Waals surface area contributed by atoms with Gasteiger partial charge in [-0.1, -0.05) is 101 Å². The van der Waals surface area contributed by atoms with Crippen LogP contribution in [0.4, 0.5) is 0 Å². The number of aryl methyl sites for hydroxylation is 1. The van der Waals surface area contributed by atoms with E-state index in [0.717, 1.165) is 6.42 Å². The van der Waals surface area contributed by atoms with Gasteiger partial charge in [0.15, 0.2) is 9.79 Å². The fourth-order valence-electron chi connectivity index (χ4n) is 2.95. The van der Waals surface area contributed by atoms with Crippen molar-refractivity contribution in [2.45, 2.75) is 62.7 Å². The Bertz CT molecular complexity index is 758. The van der Waals surface area contributed by atoms with Crippen molar-refractivity contribution in [1.82, 2.24) is 0 Å². The molecule has 0 radical (unpaired) electrons. The maximum atomic E-state index is 2.26. The zero-order valence-electron chi connectivity index (χ0n) is 17.0. The van der Waals surface area contributed by atoms with Gasteiger partial charge in [0, 0.05) is 17.3 Å². The highest BCUT2D eigenvalue weighted by Crippen LogP contribution is 2.27. The fraction of sp³-hybridized carbons (Fsp3) is 0.308. The van der Waals surface area contributed by atoms with E-state index in [1.165, 1.54) is 63.9 Å². The van der Waals surface area contributed by atoms with Crippen molar-refractivity contribution in [3.8, 4) is 11.1 Å². The van der Waals surface area contributed by atoms with Crippen LogP contribution in [0, 0.1) is 0 Å². The number of hydrogen-bond acceptors (Lipinski definition) is 0. The maximum Gasteiger partial charge on any atom is 0.166 e. The van der Waals surface area contributed by atoms with E-state index in [4.69, 9.17) is 0 Å². The highest BCUT2D eigenvalue weighted by molar-refractivity contribution is 7.78. The Balaban J connectivity index is 0.000000465. The van der Waals surface area contributed by atoms with Gasteiger partial charge in [0.25, 0.3) is 0 Å². The summed E-state index contributed by atoms with van der Waals surface area (Å²) < 4.78 is 0. The van der Waals surface area contributed by atoms with Crippen LogP contribution >= 0.6 is 0 Å². The first kappa shape index (κ1) is 21.3. The van der Waals surface area contributed by atoms with Crippen LogP contribution in [0.25, 0.3) is 11.1 Å². The van der Waals surface area contributed by atoms with Gasteiger partial charge in [-0.3, -0.25) is 0 Å². The van der Waals surface area contributed by atoms with E-state index in [2.05, 4.69) is 99.6 Å². The molecule has 3 aromatic carbocycles. The van der Waals surface area contributed by atoms with E-state index < -0.39 is 0 Å².